The molecule has 0 spiro atoms. The maximum Gasteiger partial charge on any atom is 0.111 e. The standard InChI is InChI=1S/C12H10BrN3/c1-8(6-14)16-11-4-2-3-9-5-10(13)7-15-12(9)11/h2-5,7-8,16H,1H3. The average Bonchev–Trinajstić information content (AvgIpc) is 2.28. The molecule has 0 radical (unpaired) electrons. The Labute approximate surface area is 102 Å². The van der Waals surface area contributed by atoms with E-state index in [0.717, 1.165) is 21.1 Å². The van der Waals surface area contributed by atoms with Gasteiger partial charge >= 0.3 is 0 Å². The van der Waals surface area contributed by atoms with E-state index in [-0.39, 0.29) is 6.04 Å². The zero-order valence-electron chi connectivity index (χ0n) is 8.74. The van der Waals surface area contributed by atoms with Crippen molar-refractivity contribution in [3.05, 3.63) is 34.9 Å². The topological polar surface area (TPSA) is 48.7 Å². The van der Waals surface area contributed by atoms with E-state index in [1.807, 2.05) is 31.2 Å². The van der Waals surface area contributed by atoms with Crippen LogP contribution in [0.5, 0.6) is 0 Å². The van der Waals surface area contributed by atoms with E-state index in [1.54, 1.807) is 6.20 Å². The van der Waals surface area contributed by atoms with Gasteiger partial charge in [-0.15, -0.1) is 0 Å². The van der Waals surface area contributed by atoms with Crippen LogP contribution in [0, 0.1) is 11.3 Å². The summed E-state index contributed by atoms with van der Waals surface area (Å²) in [6.45, 7) is 1.82. The highest BCUT2D eigenvalue weighted by Gasteiger charge is 2.05. The number of halogens is 1. The van der Waals surface area contributed by atoms with Crippen molar-refractivity contribution in [1.29, 1.82) is 5.26 Å². The number of para-hydroxylation sites is 1. The van der Waals surface area contributed by atoms with Crippen molar-refractivity contribution >= 4 is 32.5 Å². The van der Waals surface area contributed by atoms with Gasteiger partial charge in [0.2, 0.25) is 0 Å². The van der Waals surface area contributed by atoms with E-state index in [1.165, 1.54) is 0 Å². The number of aromatic nitrogens is 1. The lowest BCUT2D eigenvalue weighted by Crippen LogP contribution is -2.12. The molecule has 0 saturated carbocycles. The summed E-state index contributed by atoms with van der Waals surface area (Å²) in [5, 5.41) is 12.9. The predicted molar refractivity (Wildman–Crippen MR) is 68.1 cm³/mol. The third kappa shape index (κ3) is 2.15. The van der Waals surface area contributed by atoms with Crippen LogP contribution in [0.3, 0.4) is 0 Å². The van der Waals surface area contributed by atoms with Crippen LogP contribution >= 0.6 is 15.9 Å². The fourth-order valence-corrected chi connectivity index (χ4v) is 1.86. The van der Waals surface area contributed by atoms with Gasteiger partial charge in [0, 0.05) is 16.1 Å². The van der Waals surface area contributed by atoms with Gasteiger partial charge in [0.05, 0.1) is 17.3 Å². The number of nitrogens with one attached hydrogen (secondary N) is 1. The number of fused-ring (bicyclic) bond motifs is 1. The number of nitrogens with zero attached hydrogens (tertiary/aromatic N) is 2. The first kappa shape index (κ1) is 10.9. The van der Waals surface area contributed by atoms with Gasteiger partial charge in [-0.25, -0.2) is 0 Å². The third-order valence-electron chi connectivity index (χ3n) is 2.24. The lowest BCUT2D eigenvalue weighted by atomic mass is 10.2. The minimum atomic E-state index is -0.226. The van der Waals surface area contributed by atoms with E-state index in [9.17, 15) is 0 Å². The van der Waals surface area contributed by atoms with Crippen molar-refractivity contribution in [2.75, 3.05) is 5.32 Å². The third-order valence-corrected chi connectivity index (χ3v) is 2.68. The summed E-state index contributed by atoms with van der Waals surface area (Å²) in [6, 6.07) is 9.79. The summed E-state index contributed by atoms with van der Waals surface area (Å²) >= 11 is 3.39. The maximum absolute atomic E-state index is 8.77. The van der Waals surface area contributed by atoms with Gasteiger partial charge in [0.25, 0.3) is 0 Å². The number of rotatable bonds is 2. The molecule has 0 saturated heterocycles. The van der Waals surface area contributed by atoms with Gasteiger partial charge in [-0.3, -0.25) is 4.98 Å². The molecule has 0 fully saturated rings. The number of hydrogen-bond donors (Lipinski definition) is 1. The number of hydrogen-bond acceptors (Lipinski definition) is 3. The van der Waals surface area contributed by atoms with Crippen molar-refractivity contribution in [1.82, 2.24) is 4.98 Å². The Morgan fingerprint density at radius 2 is 2.31 bits per heavy atom. The Kier molecular flexibility index (Phi) is 3.07. The van der Waals surface area contributed by atoms with Crippen molar-refractivity contribution in [3.8, 4) is 6.07 Å². The highest BCUT2D eigenvalue weighted by atomic mass is 79.9. The van der Waals surface area contributed by atoms with Gasteiger partial charge < -0.3 is 5.32 Å². The first-order valence-corrected chi connectivity index (χ1v) is 5.70. The summed E-state index contributed by atoms with van der Waals surface area (Å²) in [5.74, 6) is 0. The first-order chi connectivity index (χ1) is 7.70. The predicted octanol–water partition coefficient (Wildman–Crippen LogP) is 3.32. The molecule has 80 valence electrons. The van der Waals surface area contributed by atoms with Gasteiger partial charge in [-0.05, 0) is 35.0 Å². The molecule has 3 nitrogen and oxygen atoms in total. The van der Waals surface area contributed by atoms with Crippen LogP contribution in [0.25, 0.3) is 10.9 Å². The molecule has 0 amide bonds. The van der Waals surface area contributed by atoms with E-state index in [0.29, 0.717) is 0 Å². The molecular formula is C12H10BrN3. The largest absolute Gasteiger partial charge is 0.368 e. The molecule has 1 unspecified atom stereocenters. The fraction of sp³-hybridized carbons (Fsp3) is 0.167. The summed E-state index contributed by atoms with van der Waals surface area (Å²) < 4.78 is 0.950. The van der Waals surface area contributed by atoms with E-state index >= 15 is 0 Å². The lowest BCUT2D eigenvalue weighted by molar-refractivity contribution is 1.01. The number of pyridine rings is 1. The molecule has 1 aromatic carbocycles. The van der Waals surface area contributed by atoms with E-state index in [4.69, 9.17) is 5.26 Å². The molecule has 1 heterocycles. The summed E-state index contributed by atoms with van der Waals surface area (Å²) in [4.78, 5) is 4.35. The molecule has 2 aromatic rings. The van der Waals surface area contributed by atoms with E-state index < -0.39 is 0 Å². The second-order valence-electron chi connectivity index (χ2n) is 3.53. The molecule has 2 rings (SSSR count). The quantitative estimate of drug-likeness (QED) is 0.915. The zero-order chi connectivity index (χ0) is 11.5. The molecule has 0 aliphatic carbocycles. The Balaban J connectivity index is 2.50. The minimum absolute atomic E-state index is 0.226. The SMILES string of the molecule is CC(C#N)Nc1cccc2cc(Br)cnc12. The Morgan fingerprint density at radius 1 is 1.50 bits per heavy atom. The van der Waals surface area contributed by atoms with Gasteiger partial charge in [-0.1, -0.05) is 12.1 Å². The summed E-state index contributed by atoms with van der Waals surface area (Å²) in [6.07, 6.45) is 1.75. The number of benzene rings is 1. The van der Waals surface area contributed by atoms with Crippen LogP contribution < -0.4 is 5.32 Å². The van der Waals surface area contributed by atoms with Crippen LogP contribution in [-0.2, 0) is 0 Å². The summed E-state index contributed by atoms with van der Waals surface area (Å²) in [5.41, 5.74) is 1.77. The molecule has 1 aromatic heterocycles. The highest BCUT2D eigenvalue weighted by molar-refractivity contribution is 9.10. The van der Waals surface area contributed by atoms with Crippen LogP contribution in [0.4, 0.5) is 5.69 Å². The number of nitriles is 1. The molecule has 0 aliphatic heterocycles. The smallest absolute Gasteiger partial charge is 0.111 e. The second-order valence-corrected chi connectivity index (χ2v) is 4.44. The monoisotopic (exact) mass is 275 g/mol. The molecule has 0 aliphatic rings. The Bertz CT molecular complexity index is 560. The Hall–Kier alpha value is -1.60. The van der Waals surface area contributed by atoms with Crippen molar-refractivity contribution in [2.24, 2.45) is 0 Å². The molecule has 16 heavy (non-hydrogen) atoms. The summed E-state index contributed by atoms with van der Waals surface area (Å²) in [7, 11) is 0. The van der Waals surface area contributed by atoms with Crippen LogP contribution in [-0.4, -0.2) is 11.0 Å². The van der Waals surface area contributed by atoms with Crippen molar-refractivity contribution in [3.63, 3.8) is 0 Å². The molecule has 1 N–H and O–H groups in total. The molecule has 0 bridgehead atoms. The van der Waals surface area contributed by atoms with Gasteiger partial charge in [-0.2, -0.15) is 5.26 Å². The van der Waals surface area contributed by atoms with Crippen LogP contribution in [0.1, 0.15) is 6.92 Å². The Morgan fingerprint density at radius 3 is 3.06 bits per heavy atom. The molecular weight excluding hydrogens is 266 g/mol. The first-order valence-electron chi connectivity index (χ1n) is 4.91. The minimum Gasteiger partial charge on any atom is -0.368 e. The van der Waals surface area contributed by atoms with Crippen molar-refractivity contribution in [2.45, 2.75) is 13.0 Å². The van der Waals surface area contributed by atoms with Gasteiger partial charge in [0.1, 0.15) is 6.04 Å². The second kappa shape index (κ2) is 4.50. The fourth-order valence-electron chi connectivity index (χ4n) is 1.52. The van der Waals surface area contributed by atoms with E-state index in [2.05, 4.69) is 32.3 Å². The normalized spacial score (nSPS) is 12.1. The lowest BCUT2D eigenvalue weighted by Gasteiger charge is -2.10. The highest BCUT2D eigenvalue weighted by Crippen LogP contribution is 2.24. The average molecular weight is 276 g/mol. The maximum atomic E-state index is 8.77. The zero-order valence-corrected chi connectivity index (χ0v) is 10.3. The van der Waals surface area contributed by atoms with Gasteiger partial charge in [0.15, 0.2) is 0 Å². The van der Waals surface area contributed by atoms with Crippen LogP contribution in [0.2, 0.25) is 0 Å². The van der Waals surface area contributed by atoms with Crippen LogP contribution in [0.15, 0.2) is 34.9 Å². The van der Waals surface area contributed by atoms with Crippen molar-refractivity contribution < 1.29 is 0 Å². The molecule has 1 atom stereocenters. The molecule has 4 heteroatoms. The number of anilines is 1.